The number of alkyl halides is 3. The molecule has 1 unspecified atom stereocenters. The molecule has 0 radical (unpaired) electrons. The van der Waals surface area contributed by atoms with Gasteiger partial charge in [0.1, 0.15) is 29.1 Å². The van der Waals surface area contributed by atoms with Crippen LogP contribution in [0.15, 0.2) is 55.2 Å². The highest BCUT2D eigenvalue weighted by atomic mass is 19.4. The molecule has 0 spiro atoms. The summed E-state index contributed by atoms with van der Waals surface area (Å²) in [4.78, 5) is 24.3. The normalized spacial score (nSPS) is 16.8. The monoisotopic (exact) mass is 684 g/mol. The van der Waals surface area contributed by atoms with Gasteiger partial charge in [-0.15, -0.1) is 5.10 Å². The summed E-state index contributed by atoms with van der Waals surface area (Å²) >= 11 is 0. The molecule has 2 aliphatic rings. The average molecular weight is 685 g/mol. The molecule has 0 bridgehead atoms. The van der Waals surface area contributed by atoms with E-state index < -0.39 is 11.9 Å². The Bertz CT molecular complexity index is 2160. The molecule has 8 rings (SSSR count). The molecule has 15 heteroatoms. The SMILES string of the molecule is COc1ncnc(C2CC2)c1-c1ncc2cc(-c3cnn(C4CCCCO4)n3)n(Cc3ccc(-c4nc(C(F)(F)F)cn4C(C)C)cc3)c2n1. The molecule has 2 fully saturated rings. The third kappa shape index (κ3) is 5.99. The highest BCUT2D eigenvalue weighted by Gasteiger charge is 2.35. The van der Waals surface area contributed by atoms with Gasteiger partial charge in [0, 0.05) is 48.5 Å². The Hall–Kier alpha value is -5.18. The van der Waals surface area contributed by atoms with E-state index in [4.69, 9.17) is 24.5 Å². The van der Waals surface area contributed by atoms with Gasteiger partial charge < -0.3 is 18.6 Å². The molecule has 1 saturated heterocycles. The molecule has 1 aliphatic heterocycles. The van der Waals surface area contributed by atoms with Crippen molar-refractivity contribution in [3.8, 4) is 40.0 Å². The Labute approximate surface area is 285 Å². The van der Waals surface area contributed by atoms with Gasteiger partial charge in [0.2, 0.25) is 5.88 Å². The number of rotatable bonds is 9. The molecule has 0 amide bonds. The summed E-state index contributed by atoms with van der Waals surface area (Å²) in [6.45, 7) is 4.71. The number of aromatic nitrogens is 10. The fourth-order valence-electron chi connectivity index (χ4n) is 6.46. The van der Waals surface area contributed by atoms with Crippen LogP contribution in [0.3, 0.4) is 0 Å². The second-order valence-corrected chi connectivity index (χ2v) is 13.0. The number of halogens is 3. The third-order valence-electron chi connectivity index (χ3n) is 9.17. The Kier molecular flexibility index (Phi) is 8.08. The summed E-state index contributed by atoms with van der Waals surface area (Å²) in [6, 6.07) is 9.16. The minimum atomic E-state index is -4.54. The van der Waals surface area contributed by atoms with Crippen LogP contribution in [0.1, 0.15) is 81.1 Å². The van der Waals surface area contributed by atoms with Gasteiger partial charge in [0.05, 0.1) is 24.7 Å². The van der Waals surface area contributed by atoms with E-state index in [9.17, 15) is 13.2 Å². The lowest BCUT2D eigenvalue weighted by atomic mass is 10.1. The number of hydrogen-bond acceptors (Lipinski definition) is 9. The smallest absolute Gasteiger partial charge is 0.434 e. The predicted octanol–water partition coefficient (Wildman–Crippen LogP) is 7.24. The van der Waals surface area contributed by atoms with Crippen molar-refractivity contribution in [3.63, 3.8) is 0 Å². The first-order chi connectivity index (χ1) is 24.2. The first kappa shape index (κ1) is 32.0. The first-order valence-electron chi connectivity index (χ1n) is 16.7. The molecule has 6 heterocycles. The Morgan fingerprint density at radius 2 is 1.82 bits per heavy atom. The second-order valence-electron chi connectivity index (χ2n) is 13.0. The molecule has 12 nitrogen and oxygen atoms in total. The van der Waals surface area contributed by atoms with Crippen molar-refractivity contribution in [2.45, 2.75) is 76.9 Å². The molecule has 1 atom stereocenters. The van der Waals surface area contributed by atoms with Crippen LogP contribution >= 0.6 is 0 Å². The van der Waals surface area contributed by atoms with Crippen LogP contribution in [-0.2, 0) is 17.5 Å². The molecule has 1 saturated carbocycles. The molecular weight excluding hydrogens is 649 g/mol. The van der Waals surface area contributed by atoms with Gasteiger partial charge in [0.25, 0.3) is 0 Å². The molecule has 5 aromatic heterocycles. The van der Waals surface area contributed by atoms with E-state index in [0.29, 0.717) is 53.2 Å². The zero-order valence-corrected chi connectivity index (χ0v) is 27.8. The number of imidazole rings is 1. The van der Waals surface area contributed by atoms with E-state index in [1.807, 2.05) is 32.0 Å². The van der Waals surface area contributed by atoms with E-state index >= 15 is 0 Å². The molecule has 1 aromatic carbocycles. The number of methoxy groups -OCH3 is 1. The van der Waals surface area contributed by atoms with Crippen LogP contribution < -0.4 is 4.74 Å². The lowest BCUT2D eigenvalue weighted by Gasteiger charge is -2.21. The van der Waals surface area contributed by atoms with E-state index in [-0.39, 0.29) is 18.1 Å². The van der Waals surface area contributed by atoms with Crippen molar-refractivity contribution in [3.05, 3.63) is 72.2 Å². The molecule has 258 valence electrons. The lowest BCUT2D eigenvalue weighted by Crippen LogP contribution is -2.20. The summed E-state index contributed by atoms with van der Waals surface area (Å²) in [5, 5.41) is 10.2. The van der Waals surface area contributed by atoms with Gasteiger partial charge >= 0.3 is 6.18 Å². The van der Waals surface area contributed by atoms with Gasteiger partial charge in [-0.1, -0.05) is 24.3 Å². The fraction of sp³-hybridized carbons (Fsp3) is 0.400. The number of ether oxygens (including phenoxy) is 2. The highest BCUT2D eigenvalue weighted by molar-refractivity contribution is 5.84. The van der Waals surface area contributed by atoms with Gasteiger partial charge in [-0.3, -0.25) is 0 Å². The standard InChI is InChI=1S/C35H35F3N10O2/c1-20(2)46-18-27(35(36,37)38)43-32(46)23-9-7-21(8-10-23)17-47-26(25-16-42-48(45-25)28-6-4-5-13-50-28)14-24-15-39-31(44-33(24)47)29-30(22-11-12-22)40-19-41-34(29)49-3/h7-10,14-16,18-20,22,28H,4-6,11-13,17H2,1-3H3. The van der Waals surface area contributed by atoms with Crippen LogP contribution in [0.4, 0.5) is 13.2 Å². The summed E-state index contributed by atoms with van der Waals surface area (Å²) < 4.78 is 55.9. The van der Waals surface area contributed by atoms with Crippen molar-refractivity contribution in [2.75, 3.05) is 13.7 Å². The summed E-state index contributed by atoms with van der Waals surface area (Å²) in [5.41, 5.74) is 4.20. The molecule has 6 aromatic rings. The maximum atomic E-state index is 13.6. The van der Waals surface area contributed by atoms with Crippen molar-refractivity contribution in [1.82, 2.24) is 49.0 Å². The largest absolute Gasteiger partial charge is 0.480 e. The van der Waals surface area contributed by atoms with E-state index in [0.717, 1.165) is 60.6 Å². The average Bonchev–Trinajstić information content (AvgIpc) is 3.50. The Morgan fingerprint density at radius 1 is 1.00 bits per heavy atom. The number of fused-ring (bicyclic) bond motifs is 1. The number of benzene rings is 1. The summed E-state index contributed by atoms with van der Waals surface area (Å²) in [6.07, 6.45) is 6.27. The third-order valence-corrected chi connectivity index (χ3v) is 9.17. The predicted molar refractivity (Wildman–Crippen MR) is 177 cm³/mol. The van der Waals surface area contributed by atoms with Crippen LogP contribution in [-0.4, -0.2) is 62.8 Å². The van der Waals surface area contributed by atoms with Crippen LogP contribution in [0.25, 0.3) is 45.2 Å². The summed E-state index contributed by atoms with van der Waals surface area (Å²) in [5.74, 6) is 1.44. The van der Waals surface area contributed by atoms with Crippen molar-refractivity contribution < 1.29 is 22.6 Å². The van der Waals surface area contributed by atoms with E-state index in [2.05, 4.69) is 24.6 Å². The lowest BCUT2D eigenvalue weighted by molar-refractivity contribution is -0.140. The van der Waals surface area contributed by atoms with Crippen molar-refractivity contribution in [1.29, 1.82) is 0 Å². The van der Waals surface area contributed by atoms with Gasteiger partial charge in [-0.2, -0.15) is 23.1 Å². The van der Waals surface area contributed by atoms with Gasteiger partial charge in [-0.25, -0.2) is 24.9 Å². The minimum Gasteiger partial charge on any atom is -0.480 e. The topological polar surface area (TPSA) is 123 Å². The quantitative estimate of drug-likeness (QED) is 0.155. The highest BCUT2D eigenvalue weighted by Crippen LogP contribution is 2.45. The van der Waals surface area contributed by atoms with E-state index in [1.54, 1.807) is 41.0 Å². The Balaban J connectivity index is 1.21. The zero-order chi connectivity index (χ0) is 34.6. The van der Waals surface area contributed by atoms with Gasteiger partial charge in [-0.05, 0) is 57.6 Å². The fourth-order valence-corrected chi connectivity index (χ4v) is 6.46. The van der Waals surface area contributed by atoms with Crippen LogP contribution in [0.2, 0.25) is 0 Å². The number of nitrogens with zero attached hydrogens (tertiary/aromatic N) is 10. The van der Waals surface area contributed by atoms with Crippen LogP contribution in [0.5, 0.6) is 5.88 Å². The van der Waals surface area contributed by atoms with E-state index in [1.165, 1.54) is 6.33 Å². The van der Waals surface area contributed by atoms with Crippen molar-refractivity contribution in [2.24, 2.45) is 0 Å². The van der Waals surface area contributed by atoms with Crippen LogP contribution in [0, 0.1) is 0 Å². The second kappa shape index (κ2) is 12.6. The van der Waals surface area contributed by atoms with Crippen molar-refractivity contribution >= 4 is 11.0 Å². The Morgan fingerprint density at radius 3 is 2.52 bits per heavy atom. The minimum absolute atomic E-state index is 0.211. The first-order valence-corrected chi connectivity index (χ1v) is 16.7. The zero-order valence-electron chi connectivity index (χ0n) is 27.8. The maximum absolute atomic E-state index is 13.6. The number of hydrogen-bond donors (Lipinski definition) is 0. The maximum Gasteiger partial charge on any atom is 0.434 e. The molecular formula is C35H35F3N10O2. The molecule has 0 N–H and O–H groups in total. The molecule has 1 aliphatic carbocycles. The van der Waals surface area contributed by atoms with Gasteiger partial charge in [0.15, 0.2) is 17.7 Å². The summed E-state index contributed by atoms with van der Waals surface area (Å²) in [7, 11) is 1.57. The molecule has 50 heavy (non-hydrogen) atoms.